The lowest BCUT2D eigenvalue weighted by Gasteiger charge is -2.05. The minimum atomic E-state index is -0.587. The molecule has 13 heavy (non-hydrogen) atoms. The van der Waals surface area contributed by atoms with Crippen LogP contribution in [0.15, 0.2) is 18.2 Å². The van der Waals surface area contributed by atoms with Crippen molar-refractivity contribution in [3.63, 3.8) is 0 Å². The Hall–Kier alpha value is -1.60. The van der Waals surface area contributed by atoms with Crippen molar-refractivity contribution in [1.82, 2.24) is 0 Å². The maximum Gasteiger partial charge on any atom is 0.188 e. The molecule has 0 saturated carbocycles. The molecule has 0 aliphatic rings. The fourth-order valence-corrected chi connectivity index (χ4v) is 0.856. The van der Waals surface area contributed by atoms with Crippen LogP contribution >= 0.6 is 0 Å². The van der Waals surface area contributed by atoms with E-state index in [1.165, 1.54) is 25.3 Å². The molecule has 0 aliphatic heterocycles. The Bertz CT molecular complexity index is 333. The van der Waals surface area contributed by atoms with Gasteiger partial charge in [-0.1, -0.05) is 6.07 Å². The van der Waals surface area contributed by atoms with Gasteiger partial charge in [0.15, 0.2) is 6.79 Å². The average molecular weight is 181 g/mol. The molecule has 1 aromatic rings. The zero-order valence-electron chi connectivity index (χ0n) is 7.08. The van der Waals surface area contributed by atoms with Crippen LogP contribution in [0.1, 0.15) is 5.56 Å². The second-order valence-electron chi connectivity index (χ2n) is 2.28. The van der Waals surface area contributed by atoms with Crippen LogP contribution in [0.25, 0.3) is 0 Å². The molecule has 3 nitrogen and oxygen atoms in total. The SMILES string of the molecule is COCOc1cccc(F)c1C#N. The van der Waals surface area contributed by atoms with Crippen molar-refractivity contribution in [2.24, 2.45) is 0 Å². The highest BCUT2D eigenvalue weighted by Crippen LogP contribution is 2.19. The molecule has 0 aliphatic carbocycles. The fraction of sp³-hybridized carbons (Fsp3) is 0.222. The van der Waals surface area contributed by atoms with Crippen molar-refractivity contribution in [2.45, 2.75) is 0 Å². The highest BCUT2D eigenvalue weighted by Gasteiger charge is 2.07. The van der Waals surface area contributed by atoms with Gasteiger partial charge in [-0.3, -0.25) is 0 Å². The van der Waals surface area contributed by atoms with Gasteiger partial charge >= 0.3 is 0 Å². The van der Waals surface area contributed by atoms with Gasteiger partial charge in [0.2, 0.25) is 0 Å². The summed E-state index contributed by atoms with van der Waals surface area (Å²) in [5.74, 6) is -0.388. The van der Waals surface area contributed by atoms with Gasteiger partial charge in [-0.25, -0.2) is 4.39 Å². The molecule has 0 spiro atoms. The molecule has 0 aromatic heterocycles. The summed E-state index contributed by atoms with van der Waals surface area (Å²) in [7, 11) is 1.45. The second kappa shape index (κ2) is 4.43. The van der Waals surface area contributed by atoms with Crippen molar-refractivity contribution >= 4 is 0 Å². The molecular weight excluding hydrogens is 173 g/mol. The molecule has 0 bridgehead atoms. The predicted octanol–water partition coefficient (Wildman–Crippen LogP) is 1.68. The standard InChI is InChI=1S/C9H8FNO2/c1-12-6-13-9-4-2-3-8(10)7(9)5-11/h2-4H,6H2,1H3. The van der Waals surface area contributed by atoms with Gasteiger partial charge in [0.05, 0.1) is 0 Å². The van der Waals surface area contributed by atoms with Gasteiger partial charge in [0.25, 0.3) is 0 Å². The normalized spacial score (nSPS) is 9.31. The molecular formula is C9H8FNO2. The van der Waals surface area contributed by atoms with Crippen LogP contribution in [0.5, 0.6) is 5.75 Å². The summed E-state index contributed by atoms with van der Waals surface area (Å²) in [4.78, 5) is 0. The number of methoxy groups -OCH3 is 1. The van der Waals surface area contributed by atoms with Crippen LogP contribution in [0.3, 0.4) is 0 Å². The highest BCUT2D eigenvalue weighted by atomic mass is 19.1. The van der Waals surface area contributed by atoms with E-state index in [4.69, 9.17) is 10.00 Å². The number of hydrogen-bond donors (Lipinski definition) is 0. The number of ether oxygens (including phenoxy) is 2. The molecule has 0 radical (unpaired) electrons. The van der Waals surface area contributed by atoms with E-state index in [1.54, 1.807) is 6.07 Å². The summed E-state index contributed by atoms with van der Waals surface area (Å²) >= 11 is 0. The third-order valence-electron chi connectivity index (χ3n) is 1.42. The minimum absolute atomic E-state index is 0.00185. The van der Waals surface area contributed by atoms with Gasteiger partial charge in [-0.05, 0) is 12.1 Å². The van der Waals surface area contributed by atoms with Crippen LogP contribution in [0, 0.1) is 17.1 Å². The third kappa shape index (κ3) is 2.17. The predicted molar refractivity (Wildman–Crippen MR) is 43.6 cm³/mol. The van der Waals surface area contributed by atoms with Crippen molar-refractivity contribution in [3.05, 3.63) is 29.6 Å². The molecule has 0 saturated heterocycles. The lowest BCUT2D eigenvalue weighted by Crippen LogP contribution is -2.01. The van der Waals surface area contributed by atoms with E-state index in [0.29, 0.717) is 0 Å². The fourth-order valence-electron chi connectivity index (χ4n) is 0.856. The van der Waals surface area contributed by atoms with Gasteiger partial charge in [0.1, 0.15) is 23.2 Å². The maximum atomic E-state index is 12.9. The van der Waals surface area contributed by atoms with E-state index < -0.39 is 5.82 Å². The first kappa shape index (κ1) is 9.49. The van der Waals surface area contributed by atoms with E-state index in [2.05, 4.69) is 4.74 Å². The molecule has 0 heterocycles. The monoisotopic (exact) mass is 181 g/mol. The summed E-state index contributed by atoms with van der Waals surface area (Å²) in [6.07, 6.45) is 0. The highest BCUT2D eigenvalue weighted by molar-refractivity contribution is 5.43. The van der Waals surface area contributed by atoms with Crippen molar-refractivity contribution in [3.8, 4) is 11.8 Å². The van der Waals surface area contributed by atoms with E-state index in [9.17, 15) is 4.39 Å². The lowest BCUT2D eigenvalue weighted by molar-refractivity contribution is 0.0507. The molecule has 0 atom stereocenters. The van der Waals surface area contributed by atoms with Crippen LogP contribution in [0.2, 0.25) is 0 Å². The molecule has 0 amide bonds. The quantitative estimate of drug-likeness (QED) is 0.666. The van der Waals surface area contributed by atoms with Gasteiger partial charge in [-0.15, -0.1) is 0 Å². The third-order valence-corrected chi connectivity index (χ3v) is 1.42. The van der Waals surface area contributed by atoms with Gasteiger partial charge in [0, 0.05) is 7.11 Å². The summed E-state index contributed by atoms with van der Waals surface area (Å²) < 4.78 is 22.5. The van der Waals surface area contributed by atoms with Crippen LogP contribution in [0.4, 0.5) is 4.39 Å². The Kier molecular flexibility index (Phi) is 3.23. The maximum absolute atomic E-state index is 12.9. The average Bonchev–Trinajstić information content (AvgIpc) is 2.15. The number of nitrogens with zero attached hydrogens (tertiary/aromatic N) is 1. The number of halogens is 1. The molecule has 4 heteroatoms. The Morgan fingerprint density at radius 3 is 2.92 bits per heavy atom. The minimum Gasteiger partial charge on any atom is -0.466 e. The summed E-state index contributed by atoms with van der Waals surface area (Å²) in [6, 6.07) is 5.91. The van der Waals surface area contributed by atoms with E-state index in [0.717, 1.165) is 0 Å². The van der Waals surface area contributed by atoms with Gasteiger partial charge in [-0.2, -0.15) is 5.26 Å². The summed E-state index contributed by atoms with van der Waals surface area (Å²) in [5, 5.41) is 8.59. The molecule has 1 rings (SSSR count). The number of hydrogen-bond acceptors (Lipinski definition) is 3. The Morgan fingerprint density at radius 1 is 1.54 bits per heavy atom. The first-order chi connectivity index (χ1) is 6.29. The smallest absolute Gasteiger partial charge is 0.188 e. The van der Waals surface area contributed by atoms with Gasteiger partial charge < -0.3 is 9.47 Å². The Morgan fingerprint density at radius 2 is 2.31 bits per heavy atom. The first-order valence-electron chi connectivity index (χ1n) is 3.60. The van der Waals surface area contributed by atoms with E-state index >= 15 is 0 Å². The molecule has 68 valence electrons. The number of rotatable bonds is 3. The largest absolute Gasteiger partial charge is 0.466 e. The molecule has 0 N–H and O–H groups in total. The van der Waals surface area contributed by atoms with Crippen LogP contribution < -0.4 is 4.74 Å². The topological polar surface area (TPSA) is 42.2 Å². The zero-order chi connectivity index (χ0) is 9.68. The number of benzene rings is 1. The zero-order valence-corrected chi connectivity index (χ0v) is 7.08. The van der Waals surface area contributed by atoms with Crippen LogP contribution in [-0.2, 0) is 4.74 Å². The lowest BCUT2D eigenvalue weighted by atomic mass is 10.2. The Balaban J connectivity index is 2.93. The van der Waals surface area contributed by atoms with E-state index in [-0.39, 0.29) is 18.1 Å². The summed E-state index contributed by atoms with van der Waals surface area (Å²) in [5.41, 5.74) is -0.0976. The number of nitriles is 1. The molecule has 1 aromatic carbocycles. The van der Waals surface area contributed by atoms with Crippen molar-refractivity contribution < 1.29 is 13.9 Å². The molecule has 0 fully saturated rings. The second-order valence-corrected chi connectivity index (χ2v) is 2.28. The summed E-state index contributed by atoms with van der Waals surface area (Å²) in [6.45, 7) is -0.00185. The Labute approximate surface area is 75.3 Å². The van der Waals surface area contributed by atoms with Crippen LogP contribution in [-0.4, -0.2) is 13.9 Å². The van der Waals surface area contributed by atoms with Crippen molar-refractivity contribution in [1.29, 1.82) is 5.26 Å². The first-order valence-corrected chi connectivity index (χ1v) is 3.60. The van der Waals surface area contributed by atoms with Crippen molar-refractivity contribution in [2.75, 3.05) is 13.9 Å². The molecule has 0 unspecified atom stereocenters. The van der Waals surface area contributed by atoms with E-state index in [1.807, 2.05) is 0 Å².